The minimum atomic E-state index is -0.644. The SMILES string of the molecule is COc1cc([C@@H]2OC[C@@H](Cc3ccc(OC)c(OC)c3)C2=O)ccc1O. The topological polar surface area (TPSA) is 74.2 Å². The fraction of sp³-hybridized carbons (Fsp3) is 0.350. The van der Waals surface area contributed by atoms with Gasteiger partial charge in [-0.15, -0.1) is 0 Å². The van der Waals surface area contributed by atoms with Crippen LogP contribution in [0.3, 0.4) is 0 Å². The second-order valence-electron chi connectivity index (χ2n) is 6.14. The Hall–Kier alpha value is -2.73. The molecule has 1 aliphatic rings. The highest BCUT2D eigenvalue weighted by atomic mass is 16.5. The number of aromatic hydroxyl groups is 1. The van der Waals surface area contributed by atoms with Crippen molar-refractivity contribution in [3.63, 3.8) is 0 Å². The summed E-state index contributed by atoms with van der Waals surface area (Å²) >= 11 is 0. The standard InChI is InChI=1S/C20H22O6/c1-23-16-7-4-12(9-18(16)25-3)8-14-11-26-20(19(14)22)13-5-6-15(21)17(10-13)24-2/h4-7,9-10,14,20-21H,8,11H2,1-3H3/t14-,20+/m1/s1. The number of ketones is 1. The quantitative estimate of drug-likeness (QED) is 0.856. The molecule has 0 saturated carbocycles. The molecule has 3 rings (SSSR count). The van der Waals surface area contributed by atoms with Gasteiger partial charge in [-0.1, -0.05) is 12.1 Å². The van der Waals surface area contributed by atoms with Crippen molar-refractivity contribution in [2.24, 2.45) is 5.92 Å². The minimum Gasteiger partial charge on any atom is -0.504 e. The summed E-state index contributed by atoms with van der Waals surface area (Å²) in [7, 11) is 4.64. The fourth-order valence-electron chi connectivity index (χ4n) is 3.16. The summed E-state index contributed by atoms with van der Waals surface area (Å²) in [5.41, 5.74) is 1.66. The van der Waals surface area contributed by atoms with Gasteiger partial charge in [0, 0.05) is 5.92 Å². The zero-order valence-corrected chi connectivity index (χ0v) is 15.0. The average molecular weight is 358 g/mol. The Bertz CT molecular complexity index is 801. The highest BCUT2D eigenvalue weighted by molar-refractivity contribution is 5.88. The molecule has 1 saturated heterocycles. The largest absolute Gasteiger partial charge is 0.504 e. The molecular weight excluding hydrogens is 336 g/mol. The van der Waals surface area contributed by atoms with E-state index in [1.165, 1.54) is 13.2 Å². The molecule has 0 aliphatic carbocycles. The molecule has 2 aromatic carbocycles. The van der Waals surface area contributed by atoms with Gasteiger partial charge in [0.05, 0.1) is 27.9 Å². The molecule has 0 bridgehead atoms. The average Bonchev–Trinajstić information content (AvgIpc) is 3.02. The van der Waals surface area contributed by atoms with Gasteiger partial charge in [-0.05, 0) is 41.8 Å². The van der Waals surface area contributed by atoms with Gasteiger partial charge in [0.15, 0.2) is 28.8 Å². The zero-order valence-electron chi connectivity index (χ0n) is 15.0. The third kappa shape index (κ3) is 3.46. The van der Waals surface area contributed by atoms with E-state index in [9.17, 15) is 9.90 Å². The van der Waals surface area contributed by atoms with E-state index >= 15 is 0 Å². The number of carbonyl (C=O) groups excluding carboxylic acids is 1. The lowest BCUT2D eigenvalue weighted by molar-refractivity contribution is -0.124. The molecule has 2 aromatic rings. The van der Waals surface area contributed by atoms with Crippen molar-refractivity contribution < 1.29 is 28.8 Å². The predicted molar refractivity (Wildman–Crippen MR) is 95.1 cm³/mol. The fourth-order valence-corrected chi connectivity index (χ4v) is 3.16. The Kier molecular flexibility index (Phi) is 5.32. The molecule has 0 spiro atoms. The molecule has 6 nitrogen and oxygen atoms in total. The second-order valence-corrected chi connectivity index (χ2v) is 6.14. The number of phenols is 1. The first-order chi connectivity index (χ1) is 12.6. The van der Waals surface area contributed by atoms with Crippen LogP contribution in [0.1, 0.15) is 17.2 Å². The van der Waals surface area contributed by atoms with Crippen LogP contribution in [0.2, 0.25) is 0 Å². The highest BCUT2D eigenvalue weighted by Gasteiger charge is 2.36. The van der Waals surface area contributed by atoms with E-state index in [2.05, 4.69) is 0 Å². The van der Waals surface area contributed by atoms with Crippen LogP contribution in [0, 0.1) is 5.92 Å². The maximum atomic E-state index is 12.8. The first kappa shape index (κ1) is 18.1. The number of benzene rings is 2. The molecule has 26 heavy (non-hydrogen) atoms. The Balaban J connectivity index is 1.75. The third-order valence-electron chi connectivity index (χ3n) is 4.56. The molecule has 1 heterocycles. The number of phenolic OH excluding ortho intramolecular Hbond substituents is 1. The summed E-state index contributed by atoms with van der Waals surface area (Å²) < 4.78 is 21.4. The van der Waals surface area contributed by atoms with Crippen LogP contribution in [-0.4, -0.2) is 38.8 Å². The monoisotopic (exact) mass is 358 g/mol. The summed E-state index contributed by atoms with van der Waals surface area (Å²) in [5.74, 6) is 1.42. The molecular formula is C20H22O6. The van der Waals surface area contributed by atoms with E-state index in [0.29, 0.717) is 35.8 Å². The lowest BCUT2D eigenvalue weighted by Gasteiger charge is -2.13. The van der Waals surface area contributed by atoms with Crippen molar-refractivity contribution in [2.45, 2.75) is 12.5 Å². The number of rotatable bonds is 6. The number of ether oxygens (including phenoxy) is 4. The van der Waals surface area contributed by atoms with Crippen molar-refractivity contribution in [1.82, 2.24) is 0 Å². The molecule has 0 aromatic heterocycles. The maximum Gasteiger partial charge on any atom is 0.171 e. The van der Waals surface area contributed by atoms with Crippen LogP contribution in [-0.2, 0) is 16.0 Å². The Morgan fingerprint density at radius 3 is 2.42 bits per heavy atom. The van der Waals surface area contributed by atoms with Crippen molar-refractivity contribution in [3.8, 4) is 23.0 Å². The molecule has 1 aliphatic heterocycles. The predicted octanol–water partition coefficient (Wildman–Crippen LogP) is 2.92. The Labute approximate surface area is 152 Å². The van der Waals surface area contributed by atoms with Gasteiger partial charge in [0.25, 0.3) is 0 Å². The van der Waals surface area contributed by atoms with Gasteiger partial charge in [0.2, 0.25) is 0 Å². The number of hydrogen-bond acceptors (Lipinski definition) is 6. The summed E-state index contributed by atoms with van der Waals surface area (Å²) in [4.78, 5) is 12.8. The maximum absolute atomic E-state index is 12.8. The minimum absolute atomic E-state index is 0.0209. The second kappa shape index (κ2) is 7.66. The molecule has 0 amide bonds. The smallest absolute Gasteiger partial charge is 0.171 e. The van der Waals surface area contributed by atoms with E-state index < -0.39 is 6.10 Å². The van der Waals surface area contributed by atoms with Crippen molar-refractivity contribution in [2.75, 3.05) is 27.9 Å². The lowest BCUT2D eigenvalue weighted by Crippen LogP contribution is -2.16. The van der Waals surface area contributed by atoms with Gasteiger partial charge in [0.1, 0.15) is 6.10 Å². The number of hydrogen-bond donors (Lipinski definition) is 1. The van der Waals surface area contributed by atoms with Gasteiger partial charge in [-0.25, -0.2) is 0 Å². The highest BCUT2D eigenvalue weighted by Crippen LogP contribution is 2.36. The molecule has 1 fully saturated rings. The Morgan fingerprint density at radius 2 is 1.73 bits per heavy atom. The van der Waals surface area contributed by atoms with Crippen LogP contribution in [0.15, 0.2) is 36.4 Å². The van der Waals surface area contributed by atoms with E-state index in [4.69, 9.17) is 18.9 Å². The van der Waals surface area contributed by atoms with Crippen LogP contribution in [0.4, 0.5) is 0 Å². The van der Waals surface area contributed by atoms with E-state index in [1.807, 2.05) is 18.2 Å². The summed E-state index contributed by atoms with van der Waals surface area (Å²) in [5, 5.41) is 9.71. The summed E-state index contributed by atoms with van der Waals surface area (Å²) in [6.45, 7) is 0.348. The first-order valence-electron chi connectivity index (χ1n) is 8.30. The van der Waals surface area contributed by atoms with Crippen LogP contribution in [0.5, 0.6) is 23.0 Å². The van der Waals surface area contributed by atoms with Gasteiger partial charge >= 0.3 is 0 Å². The van der Waals surface area contributed by atoms with Gasteiger partial charge in [-0.3, -0.25) is 4.79 Å². The number of Topliss-reactive ketones (excluding diaryl/α,β-unsaturated/α-hetero) is 1. The number of carbonyl (C=O) groups is 1. The van der Waals surface area contributed by atoms with Crippen LogP contribution < -0.4 is 14.2 Å². The molecule has 2 atom stereocenters. The molecule has 0 radical (unpaired) electrons. The molecule has 6 heteroatoms. The van der Waals surface area contributed by atoms with E-state index in [-0.39, 0.29) is 17.5 Å². The van der Waals surface area contributed by atoms with E-state index in [1.54, 1.807) is 26.4 Å². The summed E-state index contributed by atoms with van der Waals surface area (Å²) in [6.07, 6.45) is -0.0834. The zero-order chi connectivity index (χ0) is 18.7. The van der Waals surface area contributed by atoms with Crippen LogP contribution >= 0.6 is 0 Å². The van der Waals surface area contributed by atoms with Crippen molar-refractivity contribution >= 4 is 5.78 Å². The van der Waals surface area contributed by atoms with Crippen molar-refractivity contribution in [1.29, 1.82) is 0 Å². The molecule has 138 valence electrons. The normalized spacial score (nSPS) is 19.4. The molecule has 0 unspecified atom stereocenters. The third-order valence-corrected chi connectivity index (χ3v) is 4.56. The van der Waals surface area contributed by atoms with Gasteiger partial charge in [-0.2, -0.15) is 0 Å². The molecule has 1 N–H and O–H groups in total. The van der Waals surface area contributed by atoms with Crippen molar-refractivity contribution in [3.05, 3.63) is 47.5 Å². The summed E-state index contributed by atoms with van der Waals surface area (Å²) in [6, 6.07) is 10.5. The Morgan fingerprint density at radius 1 is 1.00 bits per heavy atom. The van der Waals surface area contributed by atoms with Gasteiger partial charge < -0.3 is 24.1 Å². The first-order valence-corrected chi connectivity index (χ1v) is 8.30. The lowest BCUT2D eigenvalue weighted by atomic mass is 9.93. The number of methoxy groups -OCH3 is 3. The van der Waals surface area contributed by atoms with E-state index in [0.717, 1.165) is 5.56 Å². The van der Waals surface area contributed by atoms with Crippen LogP contribution in [0.25, 0.3) is 0 Å².